The number of carbonyl (C=O) groups excluding carboxylic acids is 1. The Hall–Kier alpha value is -1.69. The van der Waals surface area contributed by atoms with Crippen LogP contribution >= 0.6 is 0 Å². The highest BCUT2D eigenvalue weighted by atomic mass is 16.2. The van der Waals surface area contributed by atoms with Crippen LogP contribution in [-0.2, 0) is 4.79 Å². The lowest BCUT2D eigenvalue weighted by Gasteiger charge is -2.28. The van der Waals surface area contributed by atoms with Gasteiger partial charge in [-0.1, -0.05) is 13.3 Å². The van der Waals surface area contributed by atoms with Crippen LogP contribution in [0.5, 0.6) is 0 Å². The Morgan fingerprint density at radius 1 is 1.21 bits per heavy atom. The number of hydrogen-bond donors (Lipinski definition) is 1. The van der Waals surface area contributed by atoms with Gasteiger partial charge in [-0.3, -0.25) is 9.69 Å². The molecule has 132 valence electrons. The SMILES string of the molecule is CCC[C@H]1CN(CC(=O)N2CCCCC2)C[C@@H]1Nc1ncccn1. The van der Waals surface area contributed by atoms with E-state index in [-0.39, 0.29) is 0 Å². The van der Waals surface area contributed by atoms with E-state index in [4.69, 9.17) is 0 Å². The van der Waals surface area contributed by atoms with Gasteiger partial charge in [0.15, 0.2) is 0 Å². The first-order valence-electron chi connectivity index (χ1n) is 9.30. The van der Waals surface area contributed by atoms with Crippen LogP contribution in [0.4, 0.5) is 5.95 Å². The third-order valence-electron chi connectivity index (χ3n) is 5.12. The van der Waals surface area contributed by atoms with E-state index in [1.54, 1.807) is 12.4 Å². The molecule has 0 spiro atoms. The molecule has 2 aliphatic heterocycles. The van der Waals surface area contributed by atoms with E-state index in [0.29, 0.717) is 30.4 Å². The van der Waals surface area contributed by atoms with Gasteiger partial charge in [-0.2, -0.15) is 0 Å². The van der Waals surface area contributed by atoms with Gasteiger partial charge in [0, 0.05) is 44.6 Å². The standard InChI is InChI=1S/C18H29N5O/c1-2-7-15-12-22(14-17(24)23-10-4-3-5-11-23)13-16(15)21-18-19-8-6-9-20-18/h6,8-9,15-16H,2-5,7,10-14H2,1H3,(H,19,20,21)/t15-,16-/m0/s1. The van der Waals surface area contributed by atoms with Gasteiger partial charge in [0.05, 0.1) is 6.54 Å². The molecule has 1 N–H and O–H groups in total. The van der Waals surface area contributed by atoms with Gasteiger partial charge in [-0.05, 0) is 37.7 Å². The molecule has 3 heterocycles. The molecule has 0 radical (unpaired) electrons. The molecule has 0 saturated carbocycles. The van der Waals surface area contributed by atoms with E-state index in [1.807, 2.05) is 11.0 Å². The molecular weight excluding hydrogens is 302 g/mol. The highest BCUT2D eigenvalue weighted by Crippen LogP contribution is 2.24. The second-order valence-corrected chi connectivity index (χ2v) is 7.01. The summed E-state index contributed by atoms with van der Waals surface area (Å²) in [5.74, 6) is 1.53. The maximum Gasteiger partial charge on any atom is 0.236 e. The number of hydrogen-bond acceptors (Lipinski definition) is 5. The summed E-state index contributed by atoms with van der Waals surface area (Å²) < 4.78 is 0. The average Bonchev–Trinajstić information content (AvgIpc) is 2.98. The molecule has 0 aliphatic carbocycles. The van der Waals surface area contributed by atoms with Gasteiger partial charge >= 0.3 is 0 Å². The molecule has 1 aromatic rings. The van der Waals surface area contributed by atoms with Crippen molar-refractivity contribution in [1.29, 1.82) is 0 Å². The van der Waals surface area contributed by atoms with Crippen molar-refractivity contribution in [2.75, 3.05) is 38.0 Å². The molecular formula is C18H29N5O. The predicted octanol–water partition coefficient (Wildman–Crippen LogP) is 2.00. The summed E-state index contributed by atoms with van der Waals surface area (Å²) in [6, 6.07) is 2.15. The van der Waals surface area contributed by atoms with Crippen molar-refractivity contribution in [1.82, 2.24) is 19.8 Å². The summed E-state index contributed by atoms with van der Waals surface area (Å²) in [5.41, 5.74) is 0. The first kappa shape index (κ1) is 17.1. The van der Waals surface area contributed by atoms with Crippen molar-refractivity contribution in [3.05, 3.63) is 18.5 Å². The van der Waals surface area contributed by atoms with Crippen LogP contribution in [0.3, 0.4) is 0 Å². The molecule has 3 rings (SSSR count). The molecule has 2 atom stereocenters. The lowest BCUT2D eigenvalue weighted by Crippen LogP contribution is -2.42. The Morgan fingerprint density at radius 2 is 1.96 bits per heavy atom. The highest BCUT2D eigenvalue weighted by molar-refractivity contribution is 5.78. The topological polar surface area (TPSA) is 61.4 Å². The van der Waals surface area contributed by atoms with Crippen LogP contribution in [-0.4, -0.2) is 64.4 Å². The molecule has 0 bridgehead atoms. The summed E-state index contributed by atoms with van der Waals surface area (Å²) in [6.45, 7) is 6.52. The molecule has 2 saturated heterocycles. The van der Waals surface area contributed by atoms with Crippen LogP contribution in [0, 0.1) is 5.92 Å². The number of aromatic nitrogens is 2. The summed E-state index contributed by atoms with van der Waals surface area (Å²) >= 11 is 0. The van der Waals surface area contributed by atoms with E-state index < -0.39 is 0 Å². The second-order valence-electron chi connectivity index (χ2n) is 7.01. The third kappa shape index (κ3) is 4.44. The first-order chi connectivity index (χ1) is 11.8. The summed E-state index contributed by atoms with van der Waals surface area (Å²) in [4.78, 5) is 25.4. The van der Waals surface area contributed by atoms with Crippen molar-refractivity contribution in [2.45, 2.75) is 45.1 Å². The zero-order chi connectivity index (χ0) is 16.8. The van der Waals surface area contributed by atoms with Crippen LogP contribution < -0.4 is 5.32 Å². The molecule has 6 nitrogen and oxygen atoms in total. The monoisotopic (exact) mass is 331 g/mol. The zero-order valence-corrected chi connectivity index (χ0v) is 14.7. The average molecular weight is 331 g/mol. The molecule has 6 heteroatoms. The number of carbonyl (C=O) groups is 1. The molecule has 0 unspecified atom stereocenters. The first-order valence-corrected chi connectivity index (χ1v) is 9.30. The van der Waals surface area contributed by atoms with Crippen molar-refractivity contribution in [3.8, 4) is 0 Å². The number of nitrogens with one attached hydrogen (secondary N) is 1. The molecule has 0 aromatic carbocycles. The lowest BCUT2D eigenvalue weighted by molar-refractivity contribution is -0.133. The van der Waals surface area contributed by atoms with Crippen LogP contribution in [0.2, 0.25) is 0 Å². The predicted molar refractivity (Wildman–Crippen MR) is 94.7 cm³/mol. The maximum absolute atomic E-state index is 12.5. The molecule has 1 amide bonds. The van der Waals surface area contributed by atoms with Gasteiger partial charge in [-0.15, -0.1) is 0 Å². The van der Waals surface area contributed by atoms with Crippen molar-refractivity contribution < 1.29 is 4.79 Å². The lowest BCUT2D eigenvalue weighted by atomic mass is 9.98. The summed E-state index contributed by atoms with van der Waals surface area (Å²) in [6.07, 6.45) is 9.41. The van der Waals surface area contributed by atoms with Crippen LogP contribution in [0.15, 0.2) is 18.5 Å². The van der Waals surface area contributed by atoms with Crippen LogP contribution in [0.25, 0.3) is 0 Å². The maximum atomic E-state index is 12.5. The van der Waals surface area contributed by atoms with Gasteiger partial charge in [-0.25, -0.2) is 9.97 Å². The second kappa shape index (κ2) is 8.42. The summed E-state index contributed by atoms with van der Waals surface area (Å²) in [5, 5.41) is 3.47. The Labute approximate surface area is 144 Å². The quantitative estimate of drug-likeness (QED) is 0.864. The minimum atomic E-state index is 0.293. The molecule has 24 heavy (non-hydrogen) atoms. The fourth-order valence-electron chi connectivity index (χ4n) is 3.89. The number of nitrogens with zero attached hydrogens (tertiary/aromatic N) is 4. The highest BCUT2D eigenvalue weighted by Gasteiger charge is 2.34. The number of anilines is 1. The number of likely N-dealkylation sites (tertiary alicyclic amines) is 2. The van der Waals surface area contributed by atoms with E-state index in [9.17, 15) is 4.79 Å². The van der Waals surface area contributed by atoms with Gasteiger partial charge in [0.1, 0.15) is 0 Å². The van der Waals surface area contributed by atoms with E-state index in [1.165, 1.54) is 12.8 Å². The van der Waals surface area contributed by atoms with Crippen molar-refractivity contribution in [3.63, 3.8) is 0 Å². The Balaban J connectivity index is 1.56. The van der Waals surface area contributed by atoms with Crippen molar-refractivity contribution >= 4 is 11.9 Å². The smallest absolute Gasteiger partial charge is 0.236 e. The van der Waals surface area contributed by atoms with Crippen LogP contribution in [0.1, 0.15) is 39.0 Å². The van der Waals surface area contributed by atoms with Gasteiger partial charge in [0.2, 0.25) is 11.9 Å². The van der Waals surface area contributed by atoms with E-state index in [0.717, 1.165) is 45.4 Å². The number of piperidine rings is 1. The Kier molecular flexibility index (Phi) is 6.01. The van der Waals surface area contributed by atoms with E-state index >= 15 is 0 Å². The third-order valence-corrected chi connectivity index (χ3v) is 5.12. The Morgan fingerprint density at radius 3 is 2.67 bits per heavy atom. The minimum absolute atomic E-state index is 0.293. The number of amides is 1. The van der Waals surface area contributed by atoms with E-state index in [2.05, 4.69) is 27.1 Å². The molecule has 2 aliphatic rings. The fraction of sp³-hybridized carbons (Fsp3) is 0.722. The molecule has 2 fully saturated rings. The van der Waals surface area contributed by atoms with Gasteiger partial charge in [0.25, 0.3) is 0 Å². The minimum Gasteiger partial charge on any atom is -0.350 e. The number of rotatable bonds is 6. The van der Waals surface area contributed by atoms with Crippen molar-refractivity contribution in [2.24, 2.45) is 5.92 Å². The zero-order valence-electron chi connectivity index (χ0n) is 14.7. The Bertz CT molecular complexity index is 517. The van der Waals surface area contributed by atoms with Gasteiger partial charge < -0.3 is 10.2 Å². The normalized spacial score (nSPS) is 25.0. The molecule has 1 aromatic heterocycles. The summed E-state index contributed by atoms with van der Waals surface area (Å²) in [7, 11) is 0. The fourth-order valence-corrected chi connectivity index (χ4v) is 3.89. The largest absolute Gasteiger partial charge is 0.350 e.